The first-order valence-corrected chi connectivity index (χ1v) is 5.69. The maximum absolute atomic E-state index is 4.83. The molecule has 0 saturated carbocycles. The molecule has 2 N–H and O–H groups in total. The van der Waals surface area contributed by atoms with Crippen LogP contribution in [-0.4, -0.2) is 8.64 Å². The molecule has 0 aliphatic rings. The quantitative estimate of drug-likeness (QED) is 0.333. The SMILES string of the molecule is Cc1cccc(NC(=S)[S-])c1NC(=S)[S-].[Na+].[Na+]. The summed E-state index contributed by atoms with van der Waals surface area (Å²) in [7, 11) is 0. The molecule has 0 unspecified atom stereocenters. The fourth-order valence-corrected chi connectivity index (χ4v) is 1.57. The Morgan fingerprint density at radius 3 is 2.06 bits per heavy atom. The summed E-state index contributed by atoms with van der Waals surface area (Å²) in [6.45, 7) is 1.95. The molecule has 1 rings (SSSR count). The molecule has 0 heterocycles. The minimum atomic E-state index is 0. The van der Waals surface area contributed by atoms with E-state index in [0.29, 0.717) is 8.64 Å². The summed E-state index contributed by atoms with van der Waals surface area (Å²) in [5.41, 5.74) is 2.64. The average molecular weight is 318 g/mol. The molecule has 0 atom stereocenters. The predicted octanol–water partition coefficient (Wildman–Crippen LogP) is -3.51. The minimum absolute atomic E-state index is 0. The second kappa shape index (κ2) is 10.3. The van der Waals surface area contributed by atoms with Gasteiger partial charge in [0.1, 0.15) is 0 Å². The molecule has 0 aromatic heterocycles. The zero-order chi connectivity index (χ0) is 11.4. The predicted molar refractivity (Wildman–Crippen MR) is 78.4 cm³/mol. The monoisotopic (exact) mass is 318 g/mol. The summed E-state index contributed by atoms with van der Waals surface area (Å²) in [5.74, 6) is 0. The van der Waals surface area contributed by atoms with Gasteiger partial charge in [0.2, 0.25) is 0 Å². The third-order valence-electron chi connectivity index (χ3n) is 1.74. The number of nitrogens with one attached hydrogen (secondary N) is 2. The molecule has 2 nitrogen and oxygen atoms in total. The second-order valence-corrected chi connectivity index (χ2v) is 4.97. The van der Waals surface area contributed by atoms with Crippen LogP contribution in [0.4, 0.5) is 11.4 Å². The first-order valence-electron chi connectivity index (χ1n) is 4.06. The molecule has 0 amide bonds. The third-order valence-corrected chi connectivity index (χ3v) is 2.14. The molecule has 0 saturated heterocycles. The minimum Gasteiger partial charge on any atom is -0.411 e. The van der Waals surface area contributed by atoms with Crippen molar-refractivity contribution in [2.75, 3.05) is 10.6 Å². The Morgan fingerprint density at radius 2 is 1.59 bits per heavy atom. The van der Waals surface area contributed by atoms with Crippen LogP contribution in [0.15, 0.2) is 18.2 Å². The van der Waals surface area contributed by atoms with E-state index in [9.17, 15) is 0 Å². The average Bonchev–Trinajstić information content (AvgIpc) is 2.09. The molecule has 1 aromatic rings. The van der Waals surface area contributed by atoms with E-state index in [-0.39, 0.29) is 59.1 Å². The van der Waals surface area contributed by atoms with Crippen molar-refractivity contribution in [1.82, 2.24) is 0 Å². The van der Waals surface area contributed by atoms with Crippen LogP contribution in [-0.2, 0) is 25.3 Å². The molecule has 17 heavy (non-hydrogen) atoms. The molecule has 0 spiro atoms. The Balaban J connectivity index is 0. The Bertz CT molecular complexity index is 412. The van der Waals surface area contributed by atoms with Crippen LogP contribution in [0.5, 0.6) is 0 Å². The van der Waals surface area contributed by atoms with Crippen molar-refractivity contribution in [2.45, 2.75) is 6.92 Å². The molecule has 80 valence electrons. The molecule has 0 aliphatic heterocycles. The van der Waals surface area contributed by atoms with Gasteiger partial charge in [-0.25, -0.2) is 0 Å². The van der Waals surface area contributed by atoms with E-state index in [4.69, 9.17) is 49.7 Å². The number of hydrogen-bond acceptors (Lipinski definition) is 4. The van der Waals surface area contributed by atoms with E-state index in [1.165, 1.54) is 0 Å². The van der Waals surface area contributed by atoms with Gasteiger partial charge in [0.25, 0.3) is 0 Å². The summed E-state index contributed by atoms with van der Waals surface area (Å²) >= 11 is 19.3. The van der Waals surface area contributed by atoms with Crippen LogP contribution < -0.4 is 69.7 Å². The van der Waals surface area contributed by atoms with Gasteiger partial charge in [-0.1, -0.05) is 20.8 Å². The second-order valence-electron chi connectivity index (χ2n) is 2.82. The molecule has 0 fully saturated rings. The van der Waals surface area contributed by atoms with Crippen LogP contribution in [0.3, 0.4) is 0 Å². The van der Waals surface area contributed by atoms with Crippen LogP contribution in [0.25, 0.3) is 0 Å². The van der Waals surface area contributed by atoms with Gasteiger partial charge in [-0.3, -0.25) is 0 Å². The molecular formula is C9H8N2Na2S4. The number of hydrogen-bond donors (Lipinski definition) is 2. The van der Waals surface area contributed by atoms with E-state index in [1.807, 2.05) is 25.1 Å². The first kappa shape index (κ1) is 20.8. The molecule has 0 radical (unpaired) electrons. The van der Waals surface area contributed by atoms with Crippen LogP contribution in [0, 0.1) is 6.92 Å². The van der Waals surface area contributed by atoms with E-state index < -0.39 is 0 Å². The molecular weight excluding hydrogens is 310 g/mol. The smallest absolute Gasteiger partial charge is 0.411 e. The molecule has 8 heteroatoms. The maximum Gasteiger partial charge on any atom is 1.00 e. The van der Waals surface area contributed by atoms with Crippen molar-refractivity contribution >= 4 is 69.7 Å². The number of rotatable bonds is 2. The van der Waals surface area contributed by atoms with Gasteiger partial charge in [-0.2, -0.15) is 0 Å². The summed E-state index contributed by atoms with van der Waals surface area (Å²) in [5, 5.41) is 5.82. The van der Waals surface area contributed by atoms with Crippen molar-refractivity contribution in [3.05, 3.63) is 23.8 Å². The fourth-order valence-electron chi connectivity index (χ4n) is 1.15. The van der Waals surface area contributed by atoms with Gasteiger partial charge in [0.15, 0.2) is 0 Å². The maximum atomic E-state index is 4.83. The van der Waals surface area contributed by atoms with Gasteiger partial charge >= 0.3 is 59.1 Å². The van der Waals surface area contributed by atoms with E-state index >= 15 is 0 Å². The van der Waals surface area contributed by atoms with Crippen molar-refractivity contribution in [1.29, 1.82) is 0 Å². The Kier molecular flexibility index (Phi) is 12.5. The first-order chi connectivity index (χ1) is 7.00. The Labute approximate surface area is 167 Å². The van der Waals surface area contributed by atoms with Gasteiger partial charge in [0.05, 0.1) is 11.4 Å². The van der Waals surface area contributed by atoms with Crippen molar-refractivity contribution < 1.29 is 59.1 Å². The summed E-state index contributed by atoms with van der Waals surface area (Å²) in [4.78, 5) is 0. The molecule has 0 aliphatic carbocycles. The standard InChI is InChI=1S/C9H10N2S4.2Na/c1-5-3-2-4-6(10-8(12)13)7(5)11-9(14)15;;/h2-4H,1H3,(H2,10,12,13)(H2,11,14,15);;/q;2*+1/p-2. The number of aryl methyl sites for hydroxylation is 1. The number of thiocarbonyl (C=S) groups is 2. The third kappa shape index (κ3) is 7.57. The van der Waals surface area contributed by atoms with Crippen molar-refractivity contribution in [3.8, 4) is 0 Å². The Morgan fingerprint density at radius 1 is 1.06 bits per heavy atom. The van der Waals surface area contributed by atoms with Crippen LogP contribution in [0.2, 0.25) is 0 Å². The summed E-state index contributed by atoms with van der Waals surface area (Å²) in [6, 6.07) is 5.72. The normalized spacial score (nSPS) is 8.29. The topological polar surface area (TPSA) is 24.1 Å². The Hall–Kier alpha value is 1.44. The molecule has 1 aromatic carbocycles. The van der Waals surface area contributed by atoms with Gasteiger partial charge in [-0.05, 0) is 18.6 Å². The van der Waals surface area contributed by atoms with Crippen LogP contribution >= 0.6 is 24.4 Å². The van der Waals surface area contributed by atoms with Gasteiger partial charge < -0.3 is 60.3 Å². The van der Waals surface area contributed by atoms with E-state index in [0.717, 1.165) is 16.9 Å². The molecule has 0 bridgehead atoms. The van der Waals surface area contributed by atoms with E-state index in [2.05, 4.69) is 10.6 Å². The number of benzene rings is 1. The van der Waals surface area contributed by atoms with Crippen LogP contribution in [0.1, 0.15) is 5.56 Å². The zero-order valence-electron chi connectivity index (χ0n) is 9.87. The van der Waals surface area contributed by atoms with Crippen molar-refractivity contribution in [3.63, 3.8) is 0 Å². The van der Waals surface area contributed by atoms with E-state index in [1.54, 1.807) is 0 Å². The summed E-state index contributed by atoms with van der Waals surface area (Å²) in [6.07, 6.45) is 0. The van der Waals surface area contributed by atoms with Gasteiger partial charge in [-0.15, -0.1) is 0 Å². The largest absolute Gasteiger partial charge is 1.00 e. The van der Waals surface area contributed by atoms with Gasteiger partial charge in [0, 0.05) is 0 Å². The van der Waals surface area contributed by atoms with Crippen molar-refractivity contribution in [2.24, 2.45) is 0 Å². The number of anilines is 2. The number of para-hydroxylation sites is 1. The fraction of sp³-hybridized carbons (Fsp3) is 0.111. The zero-order valence-corrected chi connectivity index (χ0v) is 17.1. The summed E-state index contributed by atoms with van der Waals surface area (Å²) < 4.78 is 0.585.